The smallest absolute Gasteiger partial charge is 0.873 e. The molecule has 0 spiro atoms. The molecule has 48 heavy (non-hydrogen) atoms. The van der Waals surface area contributed by atoms with E-state index in [0.717, 1.165) is 41.9 Å². The zero-order valence-corrected chi connectivity index (χ0v) is 31.8. The molecule has 3 aromatic rings. The molecule has 0 radical (unpaired) electrons. The molecule has 0 aliphatic heterocycles. The second-order valence-corrected chi connectivity index (χ2v) is 12.9. The van der Waals surface area contributed by atoms with Crippen LogP contribution in [-0.4, -0.2) is 11.9 Å². The number of benzene rings is 3. The van der Waals surface area contributed by atoms with Crippen molar-refractivity contribution in [2.24, 2.45) is 9.98 Å². The maximum Gasteiger partial charge on any atom is 2.00 e. The zero-order valence-electron chi connectivity index (χ0n) is 30.8. The minimum absolute atomic E-state index is 0. The SMILES string of the molecule is CCCCCCC(C=Nc1ccc(CCCC)c(CCCC)c1)=Nc1ccc(CCCC)c(CCCC)c1.Cc1ccc([O-])c([O-])c1.[Ni+2]. The first-order valence-corrected chi connectivity index (χ1v) is 18.6. The quantitative estimate of drug-likeness (QED) is 0.0670. The number of hydrogen-bond donors (Lipinski definition) is 0. The summed E-state index contributed by atoms with van der Waals surface area (Å²) in [5, 5.41) is 21.0. The van der Waals surface area contributed by atoms with Crippen LogP contribution in [-0.2, 0) is 42.2 Å². The predicted octanol–water partition coefficient (Wildman–Crippen LogP) is 11.6. The van der Waals surface area contributed by atoms with E-state index in [1.54, 1.807) is 13.0 Å². The number of aryl methyl sites for hydroxylation is 5. The summed E-state index contributed by atoms with van der Waals surface area (Å²) in [6.45, 7) is 13.2. The Bertz CT molecular complexity index is 1360. The van der Waals surface area contributed by atoms with Crippen LogP contribution in [0.2, 0.25) is 0 Å². The molecule has 3 aromatic carbocycles. The number of hydrogen-bond acceptors (Lipinski definition) is 4. The van der Waals surface area contributed by atoms with Gasteiger partial charge in [-0.25, -0.2) is 0 Å². The van der Waals surface area contributed by atoms with Crippen LogP contribution in [0.3, 0.4) is 0 Å². The predicted molar refractivity (Wildman–Crippen MR) is 201 cm³/mol. The fraction of sp³-hybridized carbons (Fsp3) is 0.535. The second kappa shape index (κ2) is 26.0. The topological polar surface area (TPSA) is 70.8 Å². The van der Waals surface area contributed by atoms with Crippen molar-refractivity contribution < 1.29 is 26.7 Å². The zero-order chi connectivity index (χ0) is 34.3. The summed E-state index contributed by atoms with van der Waals surface area (Å²) in [6, 6.07) is 18.0. The Morgan fingerprint density at radius 1 is 0.542 bits per heavy atom. The van der Waals surface area contributed by atoms with Crippen LogP contribution in [0.25, 0.3) is 0 Å². The molecular formula is C43H62N2NiO2. The largest absolute Gasteiger partial charge is 2.00 e. The summed E-state index contributed by atoms with van der Waals surface area (Å²) < 4.78 is 0. The van der Waals surface area contributed by atoms with Gasteiger partial charge in [-0.15, -0.1) is 11.5 Å². The van der Waals surface area contributed by atoms with Crippen LogP contribution >= 0.6 is 0 Å². The summed E-state index contributed by atoms with van der Waals surface area (Å²) in [7, 11) is 0. The minimum atomic E-state index is -0.430. The summed E-state index contributed by atoms with van der Waals surface area (Å²) >= 11 is 0. The average Bonchev–Trinajstić information content (AvgIpc) is 3.08. The molecule has 5 heteroatoms. The van der Waals surface area contributed by atoms with Gasteiger partial charge in [0.25, 0.3) is 0 Å². The van der Waals surface area contributed by atoms with E-state index in [0.29, 0.717) is 0 Å². The Morgan fingerprint density at radius 3 is 1.54 bits per heavy atom. The normalized spacial score (nSPS) is 11.3. The summed E-state index contributed by atoms with van der Waals surface area (Å²) in [4.78, 5) is 10.1. The van der Waals surface area contributed by atoms with Crippen LogP contribution in [0.1, 0.15) is 146 Å². The molecule has 0 bridgehead atoms. The molecule has 0 saturated heterocycles. The van der Waals surface area contributed by atoms with Crippen LogP contribution in [0.15, 0.2) is 64.6 Å². The van der Waals surface area contributed by atoms with E-state index in [2.05, 4.69) is 71.0 Å². The monoisotopic (exact) mass is 696 g/mol. The first-order chi connectivity index (χ1) is 22.8. The van der Waals surface area contributed by atoms with Crippen LogP contribution in [0.5, 0.6) is 11.5 Å². The van der Waals surface area contributed by atoms with Gasteiger partial charge in [0.1, 0.15) is 0 Å². The molecule has 0 heterocycles. The fourth-order valence-corrected chi connectivity index (χ4v) is 5.61. The Morgan fingerprint density at radius 2 is 1.04 bits per heavy atom. The maximum absolute atomic E-state index is 10.5. The van der Waals surface area contributed by atoms with E-state index >= 15 is 0 Å². The first-order valence-electron chi connectivity index (χ1n) is 18.6. The van der Waals surface area contributed by atoms with E-state index in [1.165, 1.54) is 124 Å². The van der Waals surface area contributed by atoms with Gasteiger partial charge in [0, 0.05) is 6.21 Å². The molecule has 266 valence electrons. The fourth-order valence-electron chi connectivity index (χ4n) is 5.61. The molecule has 0 aliphatic rings. The molecule has 0 amide bonds. The molecule has 0 saturated carbocycles. The van der Waals surface area contributed by atoms with Crippen molar-refractivity contribution in [1.29, 1.82) is 0 Å². The Labute approximate surface area is 303 Å². The summed E-state index contributed by atoms with van der Waals surface area (Å²) in [6.07, 6.45) is 22.6. The average molecular weight is 698 g/mol. The van der Waals surface area contributed by atoms with Gasteiger partial charge in [0.15, 0.2) is 0 Å². The second-order valence-electron chi connectivity index (χ2n) is 12.9. The Kier molecular flexibility index (Phi) is 23.4. The van der Waals surface area contributed by atoms with Gasteiger partial charge in [-0.1, -0.05) is 115 Å². The third kappa shape index (κ3) is 17.0. The molecule has 0 aliphatic carbocycles. The van der Waals surface area contributed by atoms with Crippen molar-refractivity contribution in [3.05, 3.63) is 82.4 Å². The van der Waals surface area contributed by atoms with Gasteiger partial charge in [-0.05, 0) is 118 Å². The van der Waals surface area contributed by atoms with Gasteiger partial charge < -0.3 is 10.2 Å². The van der Waals surface area contributed by atoms with Crippen molar-refractivity contribution >= 4 is 23.3 Å². The Balaban J connectivity index is 0.000000991. The molecule has 4 nitrogen and oxygen atoms in total. The van der Waals surface area contributed by atoms with Crippen LogP contribution in [0, 0.1) is 6.92 Å². The molecular weight excluding hydrogens is 635 g/mol. The van der Waals surface area contributed by atoms with E-state index in [-0.39, 0.29) is 16.5 Å². The van der Waals surface area contributed by atoms with Crippen molar-refractivity contribution in [1.82, 2.24) is 0 Å². The number of rotatable bonds is 20. The van der Waals surface area contributed by atoms with E-state index in [4.69, 9.17) is 9.98 Å². The van der Waals surface area contributed by atoms with E-state index < -0.39 is 11.5 Å². The minimum Gasteiger partial charge on any atom is -0.873 e. The van der Waals surface area contributed by atoms with Crippen LogP contribution in [0.4, 0.5) is 11.4 Å². The molecule has 0 unspecified atom stereocenters. The van der Waals surface area contributed by atoms with Crippen molar-refractivity contribution in [3.8, 4) is 11.5 Å². The first kappa shape index (κ1) is 43.1. The Hall–Kier alpha value is -2.91. The molecule has 0 fully saturated rings. The molecule has 0 aromatic heterocycles. The van der Waals surface area contributed by atoms with Gasteiger partial charge in [-0.3, -0.25) is 9.98 Å². The third-order valence-corrected chi connectivity index (χ3v) is 8.60. The van der Waals surface area contributed by atoms with E-state index in [9.17, 15) is 10.2 Å². The number of aliphatic imine (C=N–C) groups is 2. The van der Waals surface area contributed by atoms with Gasteiger partial charge in [-0.2, -0.15) is 0 Å². The van der Waals surface area contributed by atoms with Crippen LogP contribution < -0.4 is 10.2 Å². The van der Waals surface area contributed by atoms with Gasteiger partial charge in [0.05, 0.1) is 17.1 Å². The van der Waals surface area contributed by atoms with E-state index in [1.807, 2.05) is 6.21 Å². The summed E-state index contributed by atoms with van der Waals surface area (Å²) in [5.41, 5.74) is 10.1. The molecule has 3 rings (SSSR count). The molecule has 0 atom stereocenters. The van der Waals surface area contributed by atoms with Crippen molar-refractivity contribution in [3.63, 3.8) is 0 Å². The third-order valence-electron chi connectivity index (χ3n) is 8.60. The van der Waals surface area contributed by atoms with Gasteiger partial charge >= 0.3 is 16.5 Å². The van der Waals surface area contributed by atoms with Gasteiger partial charge in [0.2, 0.25) is 0 Å². The number of nitrogens with zero attached hydrogens (tertiary/aromatic N) is 2. The summed E-state index contributed by atoms with van der Waals surface area (Å²) in [5.74, 6) is -0.851. The van der Waals surface area contributed by atoms with Crippen molar-refractivity contribution in [2.75, 3.05) is 0 Å². The van der Waals surface area contributed by atoms with Crippen molar-refractivity contribution in [2.45, 2.75) is 151 Å². The maximum atomic E-state index is 10.5. The standard InChI is InChI=1S/C36H56N2.C7H8O2.Ni/c1-6-11-16-17-22-36(38-35-26-24-31(19-13-8-3)33(28-35)21-15-10-5)29-37-34-25-23-30(18-12-7-2)32(27-34)20-14-9-4;1-5-2-3-6(8)7(9)4-5;/h23-29H,6-22H2,1-5H3;2-4,8-9H,1H3;/q;;+2/p-2. The molecule has 0 N–H and O–H groups in total. The number of unbranched alkanes of at least 4 members (excludes halogenated alkanes) is 7.